The van der Waals surface area contributed by atoms with Gasteiger partial charge in [0, 0.05) is 42.9 Å². The molecule has 4 rings (SSSR count). The number of aromatic nitrogens is 1. The number of rotatable bonds is 2. The van der Waals surface area contributed by atoms with E-state index in [0.29, 0.717) is 19.1 Å². The second-order valence-corrected chi connectivity index (χ2v) is 7.02. The van der Waals surface area contributed by atoms with Crippen molar-refractivity contribution in [3.05, 3.63) is 36.0 Å². The molecule has 2 aliphatic heterocycles. The summed E-state index contributed by atoms with van der Waals surface area (Å²) in [6.45, 7) is 6.62. The molecule has 0 radical (unpaired) electrons. The first-order valence-electron chi connectivity index (χ1n) is 9.20. The highest BCUT2D eigenvalue weighted by Gasteiger charge is 2.30. The monoisotopic (exact) mass is 339 g/mol. The molecule has 2 aliphatic rings. The van der Waals surface area contributed by atoms with Crippen molar-refractivity contribution < 1.29 is 9.53 Å². The standard InChI is InChI=1S/C20H25N3O2/c1-15-13-19(17-6-2-3-7-18(17)21-15)23-8-4-5-16(14-23)20(24)22-9-11-25-12-10-22/h2-3,6-7,13,16H,4-5,8-12,14H2,1H3/t16-/m1/s1. The van der Waals surface area contributed by atoms with Crippen LogP contribution in [0.25, 0.3) is 10.9 Å². The molecule has 25 heavy (non-hydrogen) atoms. The molecule has 0 aliphatic carbocycles. The van der Waals surface area contributed by atoms with Crippen LogP contribution in [0.3, 0.4) is 0 Å². The highest BCUT2D eigenvalue weighted by molar-refractivity contribution is 5.92. The Morgan fingerprint density at radius 2 is 2.00 bits per heavy atom. The fraction of sp³-hybridized carbons (Fsp3) is 0.500. The molecular formula is C20H25N3O2. The second kappa shape index (κ2) is 7.00. The van der Waals surface area contributed by atoms with Crippen molar-refractivity contribution in [2.24, 2.45) is 5.92 Å². The van der Waals surface area contributed by atoms with Gasteiger partial charge in [0.05, 0.1) is 24.6 Å². The lowest BCUT2D eigenvalue weighted by atomic mass is 9.95. The summed E-state index contributed by atoms with van der Waals surface area (Å²) in [6, 6.07) is 10.4. The normalized spacial score (nSPS) is 21.6. The van der Waals surface area contributed by atoms with Crippen molar-refractivity contribution >= 4 is 22.5 Å². The molecule has 1 aromatic heterocycles. The van der Waals surface area contributed by atoms with Crippen molar-refractivity contribution in [2.75, 3.05) is 44.3 Å². The number of amides is 1. The van der Waals surface area contributed by atoms with Crippen LogP contribution in [0.1, 0.15) is 18.5 Å². The summed E-state index contributed by atoms with van der Waals surface area (Å²) in [5.74, 6) is 0.377. The maximum absolute atomic E-state index is 12.9. The number of piperidine rings is 1. The minimum atomic E-state index is 0.0825. The van der Waals surface area contributed by atoms with Crippen LogP contribution in [0.5, 0.6) is 0 Å². The van der Waals surface area contributed by atoms with E-state index < -0.39 is 0 Å². The molecule has 2 aromatic rings. The van der Waals surface area contributed by atoms with Crippen LogP contribution in [-0.4, -0.2) is 55.2 Å². The molecule has 5 heteroatoms. The van der Waals surface area contributed by atoms with E-state index in [-0.39, 0.29) is 5.92 Å². The average Bonchev–Trinajstić information content (AvgIpc) is 2.67. The number of nitrogens with zero attached hydrogens (tertiary/aromatic N) is 3. The van der Waals surface area contributed by atoms with Gasteiger partial charge in [0.1, 0.15) is 0 Å². The van der Waals surface area contributed by atoms with Gasteiger partial charge in [-0.3, -0.25) is 9.78 Å². The van der Waals surface area contributed by atoms with Crippen molar-refractivity contribution in [3.63, 3.8) is 0 Å². The van der Waals surface area contributed by atoms with Crippen LogP contribution in [0, 0.1) is 12.8 Å². The number of hydrogen-bond donors (Lipinski definition) is 0. The van der Waals surface area contributed by atoms with Crippen LogP contribution < -0.4 is 4.90 Å². The van der Waals surface area contributed by atoms with Gasteiger partial charge in [0.25, 0.3) is 0 Å². The Balaban J connectivity index is 1.58. The highest BCUT2D eigenvalue weighted by Crippen LogP contribution is 2.31. The van der Waals surface area contributed by atoms with Gasteiger partial charge >= 0.3 is 0 Å². The molecule has 0 bridgehead atoms. The maximum atomic E-state index is 12.9. The zero-order valence-electron chi connectivity index (χ0n) is 14.8. The third-order valence-corrected chi connectivity index (χ3v) is 5.26. The Bertz CT molecular complexity index is 771. The molecule has 0 spiro atoms. The molecule has 0 saturated carbocycles. The molecule has 2 fully saturated rings. The van der Waals surface area contributed by atoms with E-state index in [1.165, 1.54) is 11.1 Å². The number of carbonyl (C=O) groups excluding carboxylic acids is 1. The molecule has 1 atom stereocenters. The number of fused-ring (bicyclic) bond motifs is 1. The third-order valence-electron chi connectivity index (χ3n) is 5.26. The lowest BCUT2D eigenvalue weighted by Crippen LogP contribution is -2.48. The molecule has 5 nitrogen and oxygen atoms in total. The average molecular weight is 339 g/mol. The topological polar surface area (TPSA) is 45.7 Å². The SMILES string of the molecule is Cc1cc(N2CCC[C@@H](C(=O)N3CCOCC3)C2)c2ccccc2n1. The molecule has 1 aromatic carbocycles. The van der Waals surface area contributed by atoms with Crippen molar-refractivity contribution in [1.29, 1.82) is 0 Å². The Morgan fingerprint density at radius 3 is 2.84 bits per heavy atom. The number of anilines is 1. The molecule has 132 valence electrons. The van der Waals surface area contributed by atoms with Gasteiger partial charge in [-0.05, 0) is 31.9 Å². The predicted octanol–water partition coefficient (Wildman–Crippen LogP) is 2.62. The summed E-state index contributed by atoms with van der Waals surface area (Å²) in [5, 5.41) is 1.17. The Kier molecular flexibility index (Phi) is 4.57. The fourth-order valence-corrected chi connectivity index (χ4v) is 3.99. The lowest BCUT2D eigenvalue weighted by Gasteiger charge is -2.37. The van der Waals surface area contributed by atoms with Gasteiger partial charge in [-0.1, -0.05) is 18.2 Å². The second-order valence-electron chi connectivity index (χ2n) is 7.02. The van der Waals surface area contributed by atoms with E-state index >= 15 is 0 Å². The summed E-state index contributed by atoms with van der Waals surface area (Å²) in [4.78, 5) is 21.9. The van der Waals surface area contributed by atoms with E-state index in [0.717, 1.165) is 50.2 Å². The summed E-state index contributed by atoms with van der Waals surface area (Å²) < 4.78 is 5.38. The van der Waals surface area contributed by atoms with Gasteiger partial charge in [0.15, 0.2) is 0 Å². The van der Waals surface area contributed by atoms with E-state index in [1.807, 2.05) is 17.9 Å². The number of benzene rings is 1. The van der Waals surface area contributed by atoms with Crippen LogP contribution in [-0.2, 0) is 9.53 Å². The smallest absolute Gasteiger partial charge is 0.227 e. The number of aryl methyl sites for hydroxylation is 1. The van der Waals surface area contributed by atoms with Gasteiger partial charge in [-0.2, -0.15) is 0 Å². The van der Waals surface area contributed by atoms with Crippen LogP contribution >= 0.6 is 0 Å². The van der Waals surface area contributed by atoms with Crippen LogP contribution in [0.15, 0.2) is 30.3 Å². The molecule has 0 N–H and O–H groups in total. The Labute approximate surface area is 148 Å². The first-order valence-corrected chi connectivity index (χ1v) is 9.20. The fourth-order valence-electron chi connectivity index (χ4n) is 3.99. The first-order chi connectivity index (χ1) is 12.2. The van der Waals surface area contributed by atoms with E-state index in [2.05, 4.69) is 34.1 Å². The number of ether oxygens (including phenoxy) is 1. The summed E-state index contributed by atoms with van der Waals surface area (Å²) in [6.07, 6.45) is 2.03. The van der Waals surface area contributed by atoms with E-state index in [9.17, 15) is 4.79 Å². The number of morpholine rings is 1. The minimum absolute atomic E-state index is 0.0825. The predicted molar refractivity (Wildman–Crippen MR) is 98.8 cm³/mol. The Morgan fingerprint density at radius 1 is 1.20 bits per heavy atom. The van der Waals surface area contributed by atoms with Gasteiger partial charge in [-0.25, -0.2) is 0 Å². The third kappa shape index (κ3) is 3.33. The number of hydrogen-bond acceptors (Lipinski definition) is 4. The summed E-state index contributed by atoms with van der Waals surface area (Å²) >= 11 is 0. The van der Waals surface area contributed by atoms with Crippen LogP contribution in [0.2, 0.25) is 0 Å². The lowest BCUT2D eigenvalue weighted by molar-refractivity contribution is -0.139. The van der Waals surface area contributed by atoms with Gasteiger partial charge < -0.3 is 14.5 Å². The minimum Gasteiger partial charge on any atom is -0.378 e. The quantitative estimate of drug-likeness (QED) is 0.844. The van der Waals surface area contributed by atoms with Crippen molar-refractivity contribution in [1.82, 2.24) is 9.88 Å². The highest BCUT2D eigenvalue weighted by atomic mass is 16.5. The maximum Gasteiger partial charge on any atom is 0.227 e. The van der Waals surface area contributed by atoms with E-state index in [1.54, 1.807) is 0 Å². The zero-order chi connectivity index (χ0) is 17.2. The summed E-state index contributed by atoms with van der Waals surface area (Å²) in [7, 11) is 0. The number of pyridine rings is 1. The Hall–Kier alpha value is -2.14. The molecular weight excluding hydrogens is 314 g/mol. The molecule has 1 amide bonds. The number of para-hydroxylation sites is 1. The number of carbonyl (C=O) groups is 1. The van der Waals surface area contributed by atoms with Crippen LogP contribution in [0.4, 0.5) is 5.69 Å². The molecule has 0 unspecified atom stereocenters. The molecule has 2 saturated heterocycles. The molecule has 3 heterocycles. The van der Waals surface area contributed by atoms with Gasteiger partial charge in [-0.15, -0.1) is 0 Å². The van der Waals surface area contributed by atoms with Crippen molar-refractivity contribution in [3.8, 4) is 0 Å². The summed E-state index contributed by atoms with van der Waals surface area (Å²) in [5.41, 5.74) is 3.26. The van der Waals surface area contributed by atoms with Crippen molar-refractivity contribution in [2.45, 2.75) is 19.8 Å². The van der Waals surface area contributed by atoms with Gasteiger partial charge in [0.2, 0.25) is 5.91 Å². The largest absolute Gasteiger partial charge is 0.378 e. The zero-order valence-corrected chi connectivity index (χ0v) is 14.8. The van der Waals surface area contributed by atoms with E-state index in [4.69, 9.17) is 4.74 Å². The first kappa shape index (κ1) is 16.3.